The minimum absolute atomic E-state index is 0.0650. The molecule has 1 aromatic heterocycles. The van der Waals surface area contributed by atoms with E-state index in [0.29, 0.717) is 0 Å². The van der Waals surface area contributed by atoms with Gasteiger partial charge in [0.15, 0.2) is 0 Å². The van der Waals surface area contributed by atoms with Crippen molar-refractivity contribution >= 4 is 33.9 Å². The highest BCUT2D eigenvalue weighted by molar-refractivity contribution is 14.1. The van der Waals surface area contributed by atoms with Gasteiger partial charge in [0, 0.05) is 15.7 Å². The lowest BCUT2D eigenvalue weighted by molar-refractivity contribution is 0.477. The monoisotopic (exact) mass is 312 g/mol. The third kappa shape index (κ3) is 2.43. The van der Waals surface area contributed by atoms with Gasteiger partial charge in [-0.05, 0) is 29.0 Å². The first kappa shape index (κ1) is 11.4. The lowest BCUT2D eigenvalue weighted by Crippen LogP contribution is -2.16. The maximum absolute atomic E-state index is 13.1. The van der Waals surface area contributed by atoms with Crippen LogP contribution in [0.2, 0.25) is 0 Å². The molecule has 0 atom stereocenters. The molecule has 3 heteroatoms. The summed E-state index contributed by atoms with van der Waals surface area (Å²) < 4.78 is 13.9. The molecule has 0 unspecified atom stereocenters. The second-order valence-corrected chi connectivity index (χ2v) is 5.82. The smallest absolute Gasteiger partial charge is 0.147 e. The van der Waals surface area contributed by atoms with Crippen molar-refractivity contribution < 1.29 is 4.39 Å². The van der Waals surface area contributed by atoms with Gasteiger partial charge in [-0.25, -0.2) is 4.39 Å². The summed E-state index contributed by atoms with van der Waals surface area (Å²) >= 11 is 3.64. The van der Waals surface area contributed by atoms with Crippen molar-refractivity contribution in [3.63, 3.8) is 0 Å². The van der Waals surface area contributed by atoms with E-state index in [1.165, 1.54) is 4.88 Å². The van der Waals surface area contributed by atoms with Crippen LogP contribution in [-0.2, 0) is 5.41 Å². The Labute approximate surface area is 96.7 Å². The number of hydrogen-bond acceptors (Lipinski definition) is 1. The zero-order chi connectivity index (χ0) is 10.1. The molecule has 0 aliphatic carbocycles. The zero-order valence-corrected chi connectivity index (χ0v) is 11.1. The third-order valence-corrected chi connectivity index (χ3v) is 4.92. The lowest BCUT2D eigenvalue weighted by Gasteiger charge is -2.22. The van der Waals surface area contributed by atoms with E-state index >= 15 is 0 Å². The molecule has 0 aromatic carbocycles. The van der Waals surface area contributed by atoms with E-state index in [1.54, 1.807) is 16.7 Å². The summed E-state index contributed by atoms with van der Waals surface area (Å²) in [5.41, 5.74) is 0.125. The molecule has 74 valence electrons. The van der Waals surface area contributed by atoms with E-state index in [-0.39, 0.29) is 11.2 Å². The van der Waals surface area contributed by atoms with Crippen molar-refractivity contribution in [2.75, 3.05) is 0 Å². The Kier molecular flexibility index (Phi) is 3.74. The van der Waals surface area contributed by atoms with Crippen molar-refractivity contribution in [2.24, 2.45) is 0 Å². The number of thiophene rings is 1. The molecule has 13 heavy (non-hydrogen) atoms. The minimum Gasteiger partial charge on any atom is -0.205 e. The largest absolute Gasteiger partial charge is 0.205 e. The fourth-order valence-electron chi connectivity index (χ4n) is 1.52. The maximum Gasteiger partial charge on any atom is 0.147 e. The van der Waals surface area contributed by atoms with Crippen molar-refractivity contribution in [1.29, 1.82) is 0 Å². The molecule has 0 saturated carbocycles. The number of halogens is 2. The molecule has 0 nitrogen and oxygen atoms in total. The van der Waals surface area contributed by atoms with Gasteiger partial charge < -0.3 is 0 Å². The minimum atomic E-state index is -0.0650. The van der Waals surface area contributed by atoms with Crippen LogP contribution in [0.1, 0.15) is 38.5 Å². The van der Waals surface area contributed by atoms with E-state index in [9.17, 15) is 4.39 Å². The second-order valence-electron chi connectivity index (χ2n) is 3.86. The van der Waals surface area contributed by atoms with Crippen molar-refractivity contribution in [3.8, 4) is 0 Å². The fraction of sp³-hybridized carbons (Fsp3) is 0.600. The van der Waals surface area contributed by atoms with Crippen LogP contribution in [0.4, 0.5) is 4.39 Å². The van der Waals surface area contributed by atoms with Crippen LogP contribution >= 0.6 is 33.9 Å². The molecule has 0 aliphatic heterocycles. The second kappa shape index (κ2) is 4.26. The Bertz CT molecular complexity index is 291. The first-order valence-corrected chi connectivity index (χ1v) is 6.38. The molecule has 0 N–H and O–H groups in total. The molecule has 0 radical (unpaired) electrons. The summed E-state index contributed by atoms with van der Waals surface area (Å²) in [6.45, 7) is 6.53. The molecule has 1 heterocycles. The van der Waals surface area contributed by atoms with E-state index in [1.807, 2.05) is 0 Å². The van der Waals surface area contributed by atoms with Gasteiger partial charge >= 0.3 is 0 Å². The van der Waals surface area contributed by atoms with Crippen LogP contribution in [0.15, 0.2) is 5.38 Å². The Morgan fingerprint density at radius 2 is 2.15 bits per heavy atom. The Balaban J connectivity index is 2.99. The van der Waals surface area contributed by atoms with Gasteiger partial charge in [-0.1, -0.05) is 27.2 Å². The van der Waals surface area contributed by atoms with E-state index < -0.39 is 0 Å². The van der Waals surface area contributed by atoms with Crippen LogP contribution < -0.4 is 0 Å². The van der Waals surface area contributed by atoms with Crippen molar-refractivity contribution in [3.05, 3.63) is 19.6 Å². The SMILES string of the molecule is CCCC(C)(C)c1scc(F)c1I. The molecule has 0 amide bonds. The maximum atomic E-state index is 13.1. The van der Waals surface area contributed by atoms with Crippen LogP contribution in [0, 0.1) is 9.39 Å². The van der Waals surface area contributed by atoms with Gasteiger partial charge in [-0.2, -0.15) is 0 Å². The van der Waals surface area contributed by atoms with Crippen molar-refractivity contribution in [1.82, 2.24) is 0 Å². The van der Waals surface area contributed by atoms with Crippen LogP contribution in [0.3, 0.4) is 0 Å². The summed E-state index contributed by atoms with van der Waals surface area (Å²) in [5, 5.41) is 1.61. The normalized spacial score (nSPS) is 12.1. The molecular weight excluding hydrogens is 298 g/mol. The Morgan fingerprint density at radius 1 is 1.54 bits per heavy atom. The third-order valence-electron chi connectivity index (χ3n) is 2.18. The first-order chi connectivity index (χ1) is 5.99. The molecule has 0 spiro atoms. The molecule has 1 rings (SSSR count). The Morgan fingerprint density at radius 3 is 2.54 bits per heavy atom. The topological polar surface area (TPSA) is 0 Å². The summed E-state index contributed by atoms with van der Waals surface area (Å²) in [6, 6.07) is 0. The molecule has 0 aliphatic rings. The van der Waals surface area contributed by atoms with E-state index in [2.05, 4.69) is 43.4 Å². The van der Waals surface area contributed by atoms with Gasteiger partial charge in [0.05, 0.1) is 3.57 Å². The quantitative estimate of drug-likeness (QED) is 0.717. The van der Waals surface area contributed by atoms with Gasteiger partial charge in [0.1, 0.15) is 5.82 Å². The predicted octanol–water partition coefficient (Wildman–Crippen LogP) is 4.57. The van der Waals surface area contributed by atoms with Gasteiger partial charge in [0.2, 0.25) is 0 Å². The zero-order valence-electron chi connectivity index (χ0n) is 8.16. The standard InChI is InChI=1S/C10H14FIS/c1-4-5-10(2,3)9-8(12)7(11)6-13-9/h6H,4-5H2,1-3H3. The van der Waals surface area contributed by atoms with Crippen LogP contribution in [-0.4, -0.2) is 0 Å². The number of hydrogen-bond donors (Lipinski definition) is 0. The average Bonchev–Trinajstić information content (AvgIpc) is 2.33. The highest BCUT2D eigenvalue weighted by atomic mass is 127. The van der Waals surface area contributed by atoms with Gasteiger partial charge in [-0.3, -0.25) is 0 Å². The fourth-order valence-corrected chi connectivity index (χ4v) is 3.96. The van der Waals surface area contributed by atoms with E-state index in [0.717, 1.165) is 16.4 Å². The number of rotatable bonds is 3. The summed E-state index contributed by atoms with van der Waals surface area (Å²) in [7, 11) is 0. The molecular formula is C10H14FIS. The van der Waals surface area contributed by atoms with Gasteiger partial charge in [0.25, 0.3) is 0 Å². The van der Waals surface area contributed by atoms with E-state index in [4.69, 9.17) is 0 Å². The Hall–Kier alpha value is 0.360. The molecule has 1 aromatic rings. The molecule has 0 saturated heterocycles. The summed E-state index contributed by atoms with van der Waals surface area (Å²) in [5.74, 6) is -0.0650. The predicted molar refractivity (Wildman–Crippen MR) is 64.9 cm³/mol. The average molecular weight is 312 g/mol. The molecule has 0 fully saturated rings. The first-order valence-electron chi connectivity index (χ1n) is 4.42. The van der Waals surface area contributed by atoms with Crippen LogP contribution in [0.5, 0.6) is 0 Å². The van der Waals surface area contributed by atoms with Crippen LogP contribution in [0.25, 0.3) is 0 Å². The molecule has 0 bridgehead atoms. The summed E-state index contributed by atoms with van der Waals surface area (Å²) in [4.78, 5) is 1.19. The van der Waals surface area contributed by atoms with Crippen molar-refractivity contribution in [2.45, 2.75) is 39.0 Å². The van der Waals surface area contributed by atoms with Gasteiger partial charge in [-0.15, -0.1) is 11.3 Å². The highest BCUT2D eigenvalue weighted by Crippen LogP contribution is 2.37. The summed E-state index contributed by atoms with van der Waals surface area (Å²) in [6.07, 6.45) is 2.26. The highest BCUT2D eigenvalue weighted by Gasteiger charge is 2.25. The lowest BCUT2D eigenvalue weighted by atomic mass is 9.86.